The monoisotopic (exact) mass is 155 g/mol. The van der Waals surface area contributed by atoms with Gasteiger partial charge >= 0.3 is 0 Å². The van der Waals surface area contributed by atoms with Crippen LogP contribution in [-0.2, 0) is 0 Å². The summed E-state index contributed by atoms with van der Waals surface area (Å²) in [6, 6.07) is 0. The Labute approximate surface area is 68.0 Å². The van der Waals surface area contributed by atoms with E-state index in [1.807, 2.05) is 0 Å². The van der Waals surface area contributed by atoms with Gasteiger partial charge in [-0.1, -0.05) is 0 Å². The molecule has 1 saturated heterocycles. The van der Waals surface area contributed by atoms with Crippen molar-refractivity contribution in [3.63, 3.8) is 0 Å². The minimum absolute atomic E-state index is 0.00472. The SMILES string of the molecule is OC1CCC2(CCCNC2)C1. The average molecular weight is 155 g/mol. The summed E-state index contributed by atoms with van der Waals surface area (Å²) in [6.45, 7) is 2.32. The van der Waals surface area contributed by atoms with E-state index in [1.54, 1.807) is 0 Å². The van der Waals surface area contributed by atoms with Crippen LogP contribution >= 0.6 is 0 Å². The van der Waals surface area contributed by atoms with E-state index >= 15 is 0 Å². The van der Waals surface area contributed by atoms with Crippen molar-refractivity contribution in [1.29, 1.82) is 0 Å². The smallest absolute Gasteiger partial charge is 0.0546 e. The van der Waals surface area contributed by atoms with Crippen LogP contribution < -0.4 is 5.32 Å². The number of nitrogens with one attached hydrogen (secondary N) is 1. The van der Waals surface area contributed by atoms with Gasteiger partial charge in [-0.05, 0) is 44.1 Å². The molecule has 0 radical (unpaired) electrons. The van der Waals surface area contributed by atoms with Crippen LogP contribution in [0.2, 0.25) is 0 Å². The maximum absolute atomic E-state index is 9.42. The van der Waals surface area contributed by atoms with Crippen molar-refractivity contribution >= 4 is 0 Å². The zero-order valence-corrected chi connectivity index (χ0v) is 6.97. The Morgan fingerprint density at radius 3 is 2.82 bits per heavy atom. The first-order valence-electron chi connectivity index (χ1n) is 4.70. The Morgan fingerprint density at radius 1 is 1.36 bits per heavy atom. The number of rotatable bonds is 0. The molecule has 2 atom stereocenters. The molecule has 1 spiro atoms. The van der Waals surface area contributed by atoms with Crippen LogP contribution in [0.1, 0.15) is 32.1 Å². The second-order valence-electron chi connectivity index (χ2n) is 4.18. The Balaban J connectivity index is 1.98. The van der Waals surface area contributed by atoms with Crippen LogP contribution in [0.5, 0.6) is 0 Å². The van der Waals surface area contributed by atoms with Gasteiger partial charge in [0, 0.05) is 6.54 Å². The predicted molar refractivity (Wildman–Crippen MR) is 44.4 cm³/mol. The lowest BCUT2D eigenvalue weighted by Gasteiger charge is -2.33. The van der Waals surface area contributed by atoms with Crippen LogP contribution in [0.15, 0.2) is 0 Å². The highest BCUT2D eigenvalue weighted by molar-refractivity contribution is 4.92. The van der Waals surface area contributed by atoms with Gasteiger partial charge in [-0.2, -0.15) is 0 Å². The fourth-order valence-electron chi connectivity index (χ4n) is 2.59. The van der Waals surface area contributed by atoms with Crippen molar-refractivity contribution < 1.29 is 5.11 Å². The molecular formula is C9H17NO. The maximum atomic E-state index is 9.42. The highest BCUT2D eigenvalue weighted by Gasteiger charge is 2.38. The molecule has 0 amide bonds. The highest BCUT2D eigenvalue weighted by atomic mass is 16.3. The van der Waals surface area contributed by atoms with Crippen molar-refractivity contribution in [3.05, 3.63) is 0 Å². The fraction of sp³-hybridized carbons (Fsp3) is 1.00. The van der Waals surface area contributed by atoms with E-state index in [4.69, 9.17) is 0 Å². The van der Waals surface area contributed by atoms with Gasteiger partial charge in [0.25, 0.3) is 0 Å². The van der Waals surface area contributed by atoms with E-state index in [0.717, 1.165) is 19.4 Å². The van der Waals surface area contributed by atoms with Crippen LogP contribution in [0.3, 0.4) is 0 Å². The van der Waals surface area contributed by atoms with Gasteiger partial charge in [0.15, 0.2) is 0 Å². The topological polar surface area (TPSA) is 32.3 Å². The number of hydrogen-bond donors (Lipinski definition) is 2. The molecule has 2 unspecified atom stereocenters. The minimum atomic E-state index is -0.00472. The maximum Gasteiger partial charge on any atom is 0.0546 e. The van der Waals surface area contributed by atoms with Crippen LogP contribution in [0.25, 0.3) is 0 Å². The third-order valence-electron chi connectivity index (χ3n) is 3.24. The number of aliphatic hydroxyl groups is 1. The van der Waals surface area contributed by atoms with Gasteiger partial charge in [0.05, 0.1) is 6.10 Å². The zero-order chi connectivity index (χ0) is 7.73. The molecule has 0 bridgehead atoms. The minimum Gasteiger partial charge on any atom is -0.393 e. The molecule has 1 aliphatic carbocycles. The van der Waals surface area contributed by atoms with Crippen LogP contribution in [-0.4, -0.2) is 24.3 Å². The van der Waals surface area contributed by atoms with E-state index in [0.29, 0.717) is 5.41 Å². The molecule has 1 heterocycles. The molecule has 2 rings (SSSR count). The number of aliphatic hydroxyl groups excluding tert-OH is 1. The summed E-state index contributed by atoms with van der Waals surface area (Å²) in [6.07, 6.45) is 5.93. The molecule has 2 nitrogen and oxygen atoms in total. The second kappa shape index (κ2) is 2.76. The van der Waals surface area contributed by atoms with Gasteiger partial charge in [-0.25, -0.2) is 0 Å². The molecule has 1 aliphatic heterocycles. The lowest BCUT2D eigenvalue weighted by Crippen LogP contribution is -2.38. The van der Waals surface area contributed by atoms with Gasteiger partial charge in [-0.15, -0.1) is 0 Å². The zero-order valence-electron chi connectivity index (χ0n) is 6.97. The highest BCUT2D eigenvalue weighted by Crippen LogP contribution is 2.42. The van der Waals surface area contributed by atoms with Gasteiger partial charge in [-0.3, -0.25) is 0 Å². The first-order valence-corrected chi connectivity index (χ1v) is 4.70. The first-order chi connectivity index (χ1) is 5.31. The number of hydrogen-bond acceptors (Lipinski definition) is 2. The number of piperidine rings is 1. The molecule has 2 N–H and O–H groups in total. The van der Waals surface area contributed by atoms with Gasteiger partial charge < -0.3 is 10.4 Å². The van der Waals surface area contributed by atoms with Crippen molar-refractivity contribution in [2.45, 2.75) is 38.2 Å². The van der Waals surface area contributed by atoms with E-state index < -0.39 is 0 Å². The molecule has 0 aromatic rings. The molecule has 2 heteroatoms. The summed E-state index contributed by atoms with van der Waals surface area (Å²) in [5.74, 6) is 0. The van der Waals surface area contributed by atoms with Crippen LogP contribution in [0, 0.1) is 5.41 Å². The summed E-state index contributed by atoms with van der Waals surface area (Å²) in [5.41, 5.74) is 0.484. The summed E-state index contributed by atoms with van der Waals surface area (Å²) in [4.78, 5) is 0. The molecule has 64 valence electrons. The molecule has 2 aliphatic rings. The largest absolute Gasteiger partial charge is 0.393 e. The molecule has 11 heavy (non-hydrogen) atoms. The summed E-state index contributed by atoms with van der Waals surface area (Å²) >= 11 is 0. The first kappa shape index (κ1) is 7.56. The Bertz CT molecular complexity index is 135. The van der Waals surface area contributed by atoms with E-state index in [9.17, 15) is 5.11 Å². The molecule has 1 saturated carbocycles. The van der Waals surface area contributed by atoms with E-state index in [-0.39, 0.29) is 6.10 Å². The van der Waals surface area contributed by atoms with Gasteiger partial charge in [0.2, 0.25) is 0 Å². The second-order valence-corrected chi connectivity index (χ2v) is 4.18. The molecule has 0 aromatic heterocycles. The molecule has 0 aromatic carbocycles. The van der Waals surface area contributed by atoms with E-state index in [1.165, 1.54) is 25.8 Å². The average Bonchev–Trinajstić information content (AvgIpc) is 2.34. The summed E-state index contributed by atoms with van der Waals surface area (Å²) in [7, 11) is 0. The Kier molecular flexibility index (Phi) is 1.90. The fourth-order valence-corrected chi connectivity index (χ4v) is 2.59. The standard InChI is InChI=1S/C9H17NO/c11-8-2-4-9(6-8)3-1-5-10-7-9/h8,10-11H,1-7H2. The normalized spacial score (nSPS) is 45.0. The Morgan fingerprint density at radius 2 is 2.27 bits per heavy atom. The lowest BCUT2D eigenvalue weighted by molar-refractivity contribution is 0.143. The van der Waals surface area contributed by atoms with Gasteiger partial charge in [0.1, 0.15) is 0 Å². The van der Waals surface area contributed by atoms with Crippen LogP contribution in [0.4, 0.5) is 0 Å². The van der Waals surface area contributed by atoms with E-state index in [2.05, 4.69) is 5.32 Å². The van der Waals surface area contributed by atoms with Crippen molar-refractivity contribution in [2.24, 2.45) is 5.41 Å². The summed E-state index contributed by atoms with van der Waals surface area (Å²) < 4.78 is 0. The third-order valence-corrected chi connectivity index (χ3v) is 3.24. The molecular weight excluding hydrogens is 138 g/mol. The van der Waals surface area contributed by atoms with Crippen molar-refractivity contribution in [2.75, 3.05) is 13.1 Å². The predicted octanol–water partition coefficient (Wildman–Crippen LogP) is 0.901. The van der Waals surface area contributed by atoms with Crippen molar-refractivity contribution in [1.82, 2.24) is 5.32 Å². The Hall–Kier alpha value is -0.0800. The molecule has 2 fully saturated rings. The third kappa shape index (κ3) is 1.42. The quantitative estimate of drug-likeness (QED) is 0.545. The van der Waals surface area contributed by atoms with Crippen molar-refractivity contribution in [3.8, 4) is 0 Å². The lowest BCUT2D eigenvalue weighted by atomic mass is 9.79. The summed E-state index contributed by atoms with van der Waals surface area (Å²) in [5, 5.41) is 12.8.